The number of aromatic nitrogens is 2. The molecule has 1 aliphatic heterocycles. The van der Waals surface area contributed by atoms with Crippen molar-refractivity contribution < 1.29 is 0 Å². The van der Waals surface area contributed by atoms with Crippen molar-refractivity contribution in [1.29, 1.82) is 0 Å². The summed E-state index contributed by atoms with van der Waals surface area (Å²) in [7, 11) is 0. The lowest BCUT2D eigenvalue weighted by Crippen LogP contribution is -2.17. The lowest BCUT2D eigenvalue weighted by molar-refractivity contribution is 1.24. The highest BCUT2D eigenvalue weighted by molar-refractivity contribution is 7.09. The summed E-state index contributed by atoms with van der Waals surface area (Å²) in [6, 6.07) is 35.5. The van der Waals surface area contributed by atoms with Gasteiger partial charge in [0.05, 0.1) is 11.4 Å². The minimum Gasteiger partial charge on any atom is -0.309 e. The fourth-order valence-electron chi connectivity index (χ4n) is 4.20. The molecule has 0 aliphatic carbocycles. The predicted octanol–water partition coefficient (Wildman–Crippen LogP) is 7.72. The van der Waals surface area contributed by atoms with Crippen LogP contribution in [-0.4, -0.2) is 9.36 Å². The summed E-state index contributed by atoms with van der Waals surface area (Å²) >= 11 is 1.43. The number of fused-ring (bicyclic) bond motifs is 2. The first-order valence-electron chi connectivity index (χ1n) is 10.5. The van der Waals surface area contributed by atoms with Gasteiger partial charge in [-0.05, 0) is 53.5 Å². The fraction of sp³-hybridized carbons (Fsp3) is 0. The molecule has 5 aromatic rings. The summed E-state index contributed by atoms with van der Waals surface area (Å²) in [5.41, 5.74) is 8.88. The number of benzene rings is 4. The van der Waals surface area contributed by atoms with Crippen LogP contribution >= 0.6 is 11.5 Å². The Morgan fingerprint density at radius 2 is 1.22 bits per heavy atom. The van der Waals surface area contributed by atoms with E-state index in [1.54, 1.807) is 0 Å². The lowest BCUT2D eigenvalue weighted by Gasteiger charge is -2.34. The molecule has 1 aromatic heterocycles. The van der Waals surface area contributed by atoms with E-state index in [9.17, 15) is 0 Å². The first kappa shape index (κ1) is 18.7. The monoisotopic (exact) mass is 429 g/mol. The van der Waals surface area contributed by atoms with Gasteiger partial charge in [0.1, 0.15) is 5.01 Å². The Labute approximate surface area is 191 Å². The zero-order valence-corrected chi connectivity index (χ0v) is 18.1. The Hall–Kier alpha value is -4.02. The van der Waals surface area contributed by atoms with Gasteiger partial charge in [0, 0.05) is 27.9 Å². The van der Waals surface area contributed by atoms with Gasteiger partial charge in [-0.25, -0.2) is 4.98 Å². The van der Waals surface area contributed by atoms with Gasteiger partial charge < -0.3 is 4.90 Å². The van der Waals surface area contributed by atoms with Crippen LogP contribution in [0.4, 0.5) is 17.1 Å². The molecule has 152 valence electrons. The predicted molar refractivity (Wildman–Crippen MR) is 134 cm³/mol. The maximum absolute atomic E-state index is 4.76. The second-order valence-electron chi connectivity index (χ2n) is 7.68. The molecule has 0 bridgehead atoms. The summed E-state index contributed by atoms with van der Waals surface area (Å²) in [5, 5.41) is 0.920. The summed E-state index contributed by atoms with van der Waals surface area (Å²) in [4.78, 5) is 7.06. The summed E-state index contributed by atoms with van der Waals surface area (Å²) in [6.07, 6.45) is 0. The van der Waals surface area contributed by atoms with Crippen molar-refractivity contribution in [1.82, 2.24) is 9.36 Å². The molecular formula is C28H19N3S. The molecule has 32 heavy (non-hydrogen) atoms. The smallest absolute Gasteiger partial charge is 0.173 e. The molecule has 0 unspecified atom stereocenters. The average Bonchev–Trinajstić information content (AvgIpc) is 3.36. The summed E-state index contributed by atoms with van der Waals surface area (Å²) < 4.78 is 4.55. The fourth-order valence-corrected chi connectivity index (χ4v) is 4.89. The molecule has 1 aliphatic rings. The Morgan fingerprint density at radius 3 is 1.88 bits per heavy atom. The van der Waals surface area contributed by atoms with Crippen LogP contribution < -0.4 is 4.90 Å². The van der Waals surface area contributed by atoms with Crippen LogP contribution in [0, 0.1) is 0 Å². The quantitative estimate of drug-likeness (QED) is 0.288. The zero-order chi connectivity index (χ0) is 21.5. The molecule has 4 heteroatoms. The largest absolute Gasteiger partial charge is 0.309 e. The first-order chi connectivity index (χ1) is 15.8. The normalized spacial score (nSPS) is 12.4. The molecule has 0 saturated carbocycles. The Balaban J connectivity index is 1.39. The van der Waals surface area contributed by atoms with Crippen molar-refractivity contribution in [3.63, 3.8) is 0 Å². The molecule has 0 radical (unpaired) electrons. The van der Waals surface area contributed by atoms with E-state index in [4.69, 9.17) is 4.98 Å². The highest BCUT2D eigenvalue weighted by Gasteiger charge is 2.25. The third kappa shape index (κ3) is 3.04. The molecule has 0 amide bonds. The standard InChI is InChI=1S/C28H19N3S/c1-19-23-11-5-7-13-25(23)31(26-14-8-6-12-24(19)26)22-17-15-21(16-18-22)28-29-27(30-32-28)20-9-3-2-4-10-20/h2-18H,1H2. The third-order valence-electron chi connectivity index (χ3n) is 5.77. The van der Waals surface area contributed by atoms with Crippen LogP contribution in [0.5, 0.6) is 0 Å². The van der Waals surface area contributed by atoms with Crippen molar-refractivity contribution in [2.45, 2.75) is 0 Å². The van der Waals surface area contributed by atoms with Gasteiger partial charge in [-0.2, -0.15) is 4.37 Å². The minimum absolute atomic E-state index is 0.770. The molecule has 6 rings (SSSR count). The number of nitrogens with zero attached hydrogens (tertiary/aromatic N) is 3. The molecular weight excluding hydrogens is 410 g/mol. The van der Waals surface area contributed by atoms with Gasteiger partial charge in [0.25, 0.3) is 0 Å². The van der Waals surface area contributed by atoms with Gasteiger partial charge in [0.2, 0.25) is 0 Å². The van der Waals surface area contributed by atoms with E-state index in [0.717, 1.165) is 55.7 Å². The Kier molecular flexibility index (Phi) is 4.44. The van der Waals surface area contributed by atoms with Crippen LogP contribution in [0.15, 0.2) is 110 Å². The van der Waals surface area contributed by atoms with Crippen LogP contribution in [0.1, 0.15) is 11.1 Å². The van der Waals surface area contributed by atoms with Gasteiger partial charge in [0.15, 0.2) is 5.82 Å². The number of anilines is 3. The maximum atomic E-state index is 4.76. The summed E-state index contributed by atoms with van der Waals surface area (Å²) in [6.45, 7) is 4.37. The Morgan fingerprint density at radius 1 is 0.625 bits per heavy atom. The minimum atomic E-state index is 0.770. The van der Waals surface area contributed by atoms with Crippen molar-refractivity contribution in [2.75, 3.05) is 4.90 Å². The number of rotatable bonds is 3. The van der Waals surface area contributed by atoms with E-state index in [1.165, 1.54) is 11.5 Å². The maximum Gasteiger partial charge on any atom is 0.173 e. The molecule has 0 N–H and O–H groups in total. The molecule has 4 aromatic carbocycles. The second kappa shape index (κ2) is 7.59. The SMILES string of the molecule is C=C1c2ccccc2N(c2ccc(-c3nc(-c4ccccc4)ns3)cc2)c2ccccc21. The molecule has 0 spiro atoms. The topological polar surface area (TPSA) is 29.0 Å². The van der Waals surface area contributed by atoms with Gasteiger partial charge >= 0.3 is 0 Å². The van der Waals surface area contributed by atoms with Crippen molar-refractivity contribution >= 4 is 34.2 Å². The van der Waals surface area contributed by atoms with E-state index in [2.05, 4.69) is 88.6 Å². The van der Waals surface area contributed by atoms with Gasteiger partial charge in [-0.1, -0.05) is 73.3 Å². The molecule has 0 atom stereocenters. The molecule has 0 saturated heterocycles. The molecule has 3 nitrogen and oxygen atoms in total. The van der Waals surface area contributed by atoms with E-state index in [1.807, 2.05) is 30.3 Å². The van der Waals surface area contributed by atoms with E-state index in [-0.39, 0.29) is 0 Å². The highest BCUT2D eigenvalue weighted by Crippen LogP contribution is 2.48. The van der Waals surface area contributed by atoms with Crippen LogP contribution in [0.2, 0.25) is 0 Å². The molecule has 0 fully saturated rings. The summed E-state index contributed by atoms with van der Waals surface area (Å²) in [5.74, 6) is 0.770. The average molecular weight is 430 g/mol. The lowest BCUT2D eigenvalue weighted by atomic mass is 9.91. The number of para-hydroxylation sites is 2. The van der Waals surface area contributed by atoms with E-state index < -0.39 is 0 Å². The first-order valence-corrected chi connectivity index (χ1v) is 11.2. The van der Waals surface area contributed by atoms with Gasteiger partial charge in [-0.3, -0.25) is 0 Å². The second-order valence-corrected chi connectivity index (χ2v) is 8.44. The van der Waals surface area contributed by atoms with Crippen molar-refractivity contribution in [3.05, 3.63) is 121 Å². The Bertz CT molecular complexity index is 1390. The number of hydrogen-bond donors (Lipinski definition) is 0. The highest BCUT2D eigenvalue weighted by atomic mass is 32.1. The van der Waals surface area contributed by atoms with Crippen molar-refractivity contribution in [3.8, 4) is 22.0 Å². The number of hydrogen-bond acceptors (Lipinski definition) is 4. The third-order valence-corrected chi connectivity index (χ3v) is 6.53. The van der Waals surface area contributed by atoms with Crippen LogP contribution in [0.25, 0.3) is 27.5 Å². The van der Waals surface area contributed by atoms with E-state index >= 15 is 0 Å². The van der Waals surface area contributed by atoms with Gasteiger partial charge in [-0.15, -0.1) is 0 Å². The van der Waals surface area contributed by atoms with Crippen LogP contribution in [-0.2, 0) is 0 Å². The zero-order valence-electron chi connectivity index (χ0n) is 17.3. The van der Waals surface area contributed by atoms with Crippen LogP contribution in [0.3, 0.4) is 0 Å². The van der Waals surface area contributed by atoms with E-state index in [0.29, 0.717) is 0 Å². The molecule has 2 heterocycles. The van der Waals surface area contributed by atoms with Crippen molar-refractivity contribution in [2.24, 2.45) is 0 Å².